The molecule has 0 fully saturated rings. The molecule has 0 saturated heterocycles. The molecule has 0 aromatic heterocycles. The van der Waals surface area contributed by atoms with E-state index in [0.717, 1.165) is 11.6 Å². The zero-order chi connectivity index (χ0) is 27.0. The minimum absolute atomic E-state index is 0.148. The molecule has 0 aliphatic heterocycles. The van der Waals surface area contributed by atoms with Crippen LogP contribution in [0.2, 0.25) is 0 Å². The molecule has 0 saturated carbocycles. The maximum atomic E-state index is 12.8. The monoisotopic (exact) mass is 509 g/mol. The second kappa shape index (κ2) is 15.2. The Bertz CT molecular complexity index is 1180. The minimum atomic E-state index is -0.819. The normalized spacial score (nSPS) is 11.3. The number of benzene rings is 2. The summed E-state index contributed by atoms with van der Waals surface area (Å²) in [7, 11) is 0. The van der Waals surface area contributed by atoms with E-state index in [0.29, 0.717) is 11.4 Å². The zero-order valence-corrected chi connectivity index (χ0v) is 20.2. The molecule has 0 aliphatic rings. The van der Waals surface area contributed by atoms with Crippen molar-refractivity contribution in [1.29, 1.82) is 0 Å². The Morgan fingerprint density at radius 2 is 1.54 bits per heavy atom. The Morgan fingerprint density at radius 3 is 2.22 bits per heavy atom. The van der Waals surface area contributed by atoms with Crippen LogP contribution in [0.3, 0.4) is 0 Å². The predicted molar refractivity (Wildman–Crippen MR) is 133 cm³/mol. The lowest BCUT2D eigenvalue weighted by Crippen LogP contribution is -2.18. The number of azo groups is 1. The summed E-state index contributed by atoms with van der Waals surface area (Å²) in [6, 6.07) is 15.6. The van der Waals surface area contributed by atoms with Crippen molar-refractivity contribution in [3.8, 4) is 0 Å². The molecule has 11 heteroatoms. The highest BCUT2D eigenvalue weighted by Gasteiger charge is 2.18. The van der Waals surface area contributed by atoms with Crippen molar-refractivity contribution < 1.29 is 38.5 Å². The van der Waals surface area contributed by atoms with Crippen LogP contribution in [0.25, 0.3) is 0 Å². The van der Waals surface area contributed by atoms with E-state index in [2.05, 4.69) is 26.9 Å². The van der Waals surface area contributed by atoms with Crippen LogP contribution < -0.4 is 5.32 Å². The van der Waals surface area contributed by atoms with Gasteiger partial charge in [-0.25, -0.2) is 4.79 Å². The molecule has 194 valence electrons. The van der Waals surface area contributed by atoms with E-state index in [1.807, 2.05) is 19.1 Å². The van der Waals surface area contributed by atoms with Gasteiger partial charge in [-0.15, -0.1) is 10.2 Å². The van der Waals surface area contributed by atoms with E-state index in [1.54, 1.807) is 42.5 Å². The molecule has 2 N–H and O–H groups in total. The van der Waals surface area contributed by atoms with Crippen molar-refractivity contribution in [2.45, 2.75) is 19.8 Å². The standard InChI is InChI=1S/C26H27N3O8/c1-3-22(31)35-15-16-36-23(32)13-14-24(33)37-17-21(30)25(26(34)27-19-10-5-4-6-11-19)29-28-20-12-8-7-9-18(20)2/h3-12,30H,1,13-17H2,2H3,(H,27,34). The van der Waals surface area contributed by atoms with Crippen LogP contribution in [0.15, 0.2) is 88.9 Å². The summed E-state index contributed by atoms with van der Waals surface area (Å²) < 4.78 is 14.4. The fourth-order valence-electron chi connectivity index (χ4n) is 2.65. The van der Waals surface area contributed by atoms with Crippen LogP contribution in [0.5, 0.6) is 0 Å². The number of nitrogens with one attached hydrogen (secondary N) is 1. The number of carbonyl (C=O) groups is 4. The van der Waals surface area contributed by atoms with Crippen LogP contribution in [-0.4, -0.2) is 48.7 Å². The van der Waals surface area contributed by atoms with Gasteiger partial charge in [0.25, 0.3) is 5.91 Å². The van der Waals surface area contributed by atoms with Crippen LogP contribution in [-0.2, 0) is 33.4 Å². The number of anilines is 1. The number of amides is 1. The molecule has 2 rings (SSSR count). The summed E-state index contributed by atoms with van der Waals surface area (Å²) in [4.78, 5) is 47.4. The second-order valence-electron chi connectivity index (χ2n) is 7.35. The van der Waals surface area contributed by atoms with Gasteiger partial charge in [0.2, 0.25) is 0 Å². The number of hydrogen-bond donors (Lipinski definition) is 2. The van der Waals surface area contributed by atoms with Gasteiger partial charge in [0.1, 0.15) is 13.2 Å². The van der Waals surface area contributed by atoms with Crippen LogP contribution in [0.4, 0.5) is 11.4 Å². The Balaban J connectivity index is 1.98. The summed E-state index contributed by atoms with van der Waals surface area (Å²) in [5, 5.41) is 21.0. The molecule has 0 atom stereocenters. The Morgan fingerprint density at radius 1 is 0.919 bits per heavy atom. The van der Waals surface area contributed by atoms with Crippen molar-refractivity contribution >= 4 is 35.2 Å². The number of ether oxygens (including phenoxy) is 3. The van der Waals surface area contributed by atoms with Crippen LogP contribution in [0.1, 0.15) is 18.4 Å². The average molecular weight is 510 g/mol. The molecule has 2 aromatic carbocycles. The first-order valence-corrected chi connectivity index (χ1v) is 11.2. The first-order valence-electron chi connectivity index (χ1n) is 11.2. The van der Waals surface area contributed by atoms with Gasteiger partial charge >= 0.3 is 17.9 Å². The smallest absolute Gasteiger partial charge is 0.330 e. The Hall–Kier alpha value is -4.80. The summed E-state index contributed by atoms with van der Waals surface area (Å²) in [5.74, 6) is -3.58. The molecule has 1 amide bonds. The van der Waals surface area contributed by atoms with Crippen molar-refractivity contribution in [1.82, 2.24) is 0 Å². The van der Waals surface area contributed by atoms with Crippen molar-refractivity contribution in [2.75, 3.05) is 25.1 Å². The summed E-state index contributed by atoms with van der Waals surface area (Å²) in [6.45, 7) is 4.04. The van der Waals surface area contributed by atoms with Gasteiger partial charge in [0, 0.05) is 11.8 Å². The number of aryl methyl sites for hydroxylation is 1. The lowest BCUT2D eigenvalue weighted by Gasteiger charge is -2.09. The quantitative estimate of drug-likeness (QED) is 0.102. The van der Waals surface area contributed by atoms with Crippen molar-refractivity contribution in [2.24, 2.45) is 10.2 Å². The summed E-state index contributed by atoms with van der Waals surface area (Å²) >= 11 is 0. The van der Waals surface area contributed by atoms with E-state index in [1.165, 1.54) is 0 Å². The molecule has 0 aliphatic carbocycles. The van der Waals surface area contributed by atoms with Gasteiger partial charge < -0.3 is 24.6 Å². The first kappa shape index (κ1) is 28.4. The maximum absolute atomic E-state index is 12.8. The molecular weight excluding hydrogens is 482 g/mol. The highest BCUT2D eigenvalue weighted by Crippen LogP contribution is 2.20. The molecule has 0 unspecified atom stereocenters. The largest absolute Gasteiger partial charge is 0.506 e. The number of aliphatic hydroxyl groups is 1. The molecule has 0 bridgehead atoms. The fraction of sp³-hybridized carbons (Fsp3) is 0.231. The second-order valence-corrected chi connectivity index (χ2v) is 7.35. The third-order valence-corrected chi connectivity index (χ3v) is 4.55. The molecule has 11 nitrogen and oxygen atoms in total. The molecular formula is C26H27N3O8. The highest BCUT2D eigenvalue weighted by molar-refractivity contribution is 6.03. The van der Waals surface area contributed by atoms with Crippen LogP contribution >= 0.6 is 0 Å². The topological polar surface area (TPSA) is 153 Å². The Kier molecular flexibility index (Phi) is 11.7. The van der Waals surface area contributed by atoms with Crippen molar-refractivity contribution in [3.63, 3.8) is 0 Å². The minimum Gasteiger partial charge on any atom is -0.506 e. The summed E-state index contributed by atoms with van der Waals surface area (Å²) in [6.07, 6.45) is 0.338. The van der Waals surface area contributed by atoms with Gasteiger partial charge in [0.05, 0.1) is 18.5 Å². The maximum Gasteiger partial charge on any atom is 0.330 e. The number of aliphatic hydroxyl groups excluding tert-OH is 1. The highest BCUT2D eigenvalue weighted by atomic mass is 16.6. The molecule has 2 aromatic rings. The van der Waals surface area contributed by atoms with Gasteiger partial charge in [-0.2, -0.15) is 0 Å². The Labute approximate surface area is 213 Å². The first-order chi connectivity index (χ1) is 17.8. The van der Waals surface area contributed by atoms with Gasteiger partial charge in [-0.3, -0.25) is 14.4 Å². The van der Waals surface area contributed by atoms with Crippen LogP contribution in [0, 0.1) is 6.92 Å². The number of hydrogen-bond acceptors (Lipinski definition) is 10. The van der Waals surface area contributed by atoms with Gasteiger partial charge in [0.15, 0.2) is 18.1 Å². The third kappa shape index (κ3) is 10.6. The third-order valence-electron chi connectivity index (χ3n) is 4.55. The van der Waals surface area contributed by atoms with E-state index in [-0.39, 0.29) is 26.1 Å². The lowest BCUT2D eigenvalue weighted by molar-refractivity contribution is -0.152. The molecule has 0 heterocycles. The number of carbonyl (C=O) groups excluding carboxylic acids is 4. The molecule has 37 heavy (non-hydrogen) atoms. The number of rotatable bonds is 13. The van der Waals surface area contributed by atoms with Gasteiger partial charge in [-0.1, -0.05) is 43.0 Å². The number of nitrogens with zero attached hydrogens (tertiary/aromatic N) is 2. The van der Waals surface area contributed by atoms with Crippen molar-refractivity contribution in [3.05, 3.63) is 84.3 Å². The molecule has 0 spiro atoms. The fourth-order valence-corrected chi connectivity index (χ4v) is 2.65. The van der Waals surface area contributed by atoms with E-state index < -0.39 is 41.9 Å². The predicted octanol–water partition coefficient (Wildman–Crippen LogP) is 4.08. The van der Waals surface area contributed by atoms with E-state index in [9.17, 15) is 24.3 Å². The zero-order valence-electron chi connectivity index (χ0n) is 20.2. The molecule has 0 radical (unpaired) electrons. The SMILES string of the molecule is C=CC(=O)OCCOC(=O)CCC(=O)OCC(O)=C(N=Nc1ccccc1C)C(=O)Nc1ccccc1. The lowest BCUT2D eigenvalue weighted by atomic mass is 10.2. The number of esters is 3. The van der Waals surface area contributed by atoms with Gasteiger partial charge in [-0.05, 0) is 30.7 Å². The average Bonchev–Trinajstić information content (AvgIpc) is 2.90. The van der Waals surface area contributed by atoms with E-state index in [4.69, 9.17) is 9.47 Å². The summed E-state index contributed by atoms with van der Waals surface area (Å²) in [5.41, 5.74) is 1.29. The number of para-hydroxylation sites is 1. The van der Waals surface area contributed by atoms with E-state index >= 15 is 0 Å².